The predicted octanol–water partition coefficient (Wildman–Crippen LogP) is 6.62. The number of carbonyl (C=O) groups excluding carboxylic acids is 4. The molecule has 0 radical (unpaired) electrons. The molecule has 3 aliphatic heterocycles. The standard InChI is InChI=1S/C43H40ClN5O7S/c1-22-29-18-23(44)4-13-34(29)57-38(22)32-20-35(46(3)45-32)49-40(52)31-19-30-27(37(43(31,2)42(49)54)33-12-9-26(21-50)56-33)10-11-28-36(30)41(53)48(39(28)51)25-7-5-24(6-8-25)47-14-16-55-17-15-47/h4-10,12-13,18,20,28,30-31,36-37,50H,11,14-17,19,21H2,1-3H3. The average molecular weight is 806 g/mol. The van der Waals surface area contributed by atoms with Gasteiger partial charge in [0.15, 0.2) is 0 Å². The summed E-state index contributed by atoms with van der Waals surface area (Å²) >= 11 is 7.89. The first-order chi connectivity index (χ1) is 27.5. The number of anilines is 3. The summed E-state index contributed by atoms with van der Waals surface area (Å²) in [5, 5.41) is 16.4. The van der Waals surface area contributed by atoms with Crippen LogP contribution in [0.5, 0.6) is 0 Å². The summed E-state index contributed by atoms with van der Waals surface area (Å²) in [5.41, 5.74) is 2.65. The summed E-state index contributed by atoms with van der Waals surface area (Å²) in [6.45, 7) is 6.29. The van der Waals surface area contributed by atoms with Gasteiger partial charge in [0, 0.05) is 41.6 Å². The number of aryl methyl sites for hydroxylation is 2. The highest BCUT2D eigenvalue weighted by Gasteiger charge is 2.68. The molecule has 0 bridgehead atoms. The molecule has 10 rings (SSSR count). The number of ether oxygens (including phenoxy) is 1. The number of aliphatic hydroxyl groups excluding tert-OH is 1. The molecule has 6 heterocycles. The molecule has 1 saturated carbocycles. The summed E-state index contributed by atoms with van der Waals surface area (Å²) in [4.78, 5) is 64.4. The number of aromatic nitrogens is 2. The van der Waals surface area contributed by atoms with Crippen molar-refractivity contribution in [2.24, 2.45) is 36.1 Å². The number of imide groups is 2. The largest absolute Gasteiger partial charge is 0.463 e. The fourth-order valence-corrected chi connectivity index (χ4v) is 11.6. The van der Waals surface area contributed by atoms with Crippen molar-refractivity contribution in [2.45, 2.75) is 39.2 Å². The van der Waals surface area contributed by atoms with Crippen LogP contribution in [0.25, 0.3) is 20.7 Å². The average Bonchev–Trinajstić information content (AvgIpc) is 4.01. The van der Waals surface area contributed by atoms with Crippen molar-refractivity contribution in [1.82, 2.24) is 9.78 Å². The zero-order valence-corrected chi connectivity index (χ0v) is 33.2. The molecule has 12 nitrogen and oxygen atoms in total. The van der Waals surface area contributed by atoms with E-state index < -0.39 is 40.9 Å². The first kappa shape index (κ1) is 36.3. The molecule has 292 valence electrons. The first-order valence-corrected chi connectivity index (χ1v) is 20.5. The molecule has 3 aromatic heterocycles. The van der Waals surface area contributed by atoms with E-state index in [9.17, 15) is 19.5 Å². The SMILES string of the molecule is Cc1c(-c2cc(N3C(=O)C4CC5C(=CCC6C(=O)N(c7ccc(N8CCOCC8)cc7)C(=O)C65)C(c5ccc(CO)o5)C4(C)C3=O)n(C)n2)sc2ccc(Cl)cc12. The van der Waals surface area contributed by atoms with Gasteiger partial charge >= 0.3 is 0 Å². The van der Waals surface area contributed by atoms with Gasteiger partial charge in [-0.1, -0.05) is 23.3 Å². The smallest absolute Gasteiger partial charge is 0.242 e. The van der Waals surface area contributed by atoms with Crippen LogP contribution in [0, 0.1) is 36.0 Å². The Bertz CT molecular complexity index is 2550. The van der Waals surface area contributed by atoms with E-state index in [0.29, 0.717) is 53.4 Å². The van der Waals surface area contributed by atoms with Gasteiger partial charge in [0.2, 0.25) is 23.6 Å². The third kappa shape index (κ3) is 5.28. The quantitative estimate of drug-likeness (QED) is 0.148. The maximum absolute atomic E-state index is 15.1. The van der Waals surface area contributed by atoms with Gasteiger partial charge < -0.3 is 19.2 Å². The number of amides is 4. The lowest BCUT2D eigenvalue weighted by Gasteiger charge is -2.48. The van der Waals surface area contributed by atoms with Crippen molar-refractivity contribution in [1.29, 1.82) is 0 Å². The second-order valence-corrected chi connectivity index (χ2v) is 17.4. The number of benzene rings is 2. The van der Waals surface area contributed by atoms with Crippen molar-refractivity contribution in [2.75, 3.05) is 41.0 Å². The Labute approximate surface area is 337 Å². The summed E-state index contributed by atoms with van der Waals surface area (Å²) in [6, 6.07) is 18.5. The Hall–Kier alpha value is -5.08. The first-order valence-electron chi connectivity index (χ1n) is 19.3. The summed E-state index contributed by atoms with van der Waals surface area (Å²) in [5.74, 6) is -3.64. The van der Waals surface area contributed by atoms with Crippen LogP contribution in [0.1, 0.15) is 42.8 Å². The highest BCUT2D eigenvalue weighted by molar-refractivity contribution is 7.22. The van der Waals surface area contributed by atoms with E-state index in [2.05, 4.69) is 4.90 Å². The molecule has 2 aromatic carbocycles. The van der Waals surface area contributed by atoms with Gasteiger partial charge in [-0.25, -0.2) is 4.90 Å². The molecular weight excluding hydrogens is 766 g/mol. The summed E-state index contributed by atoms with van der Waals surface area (Å²) < 4.78 is 14.3. The van der Waals surface area contributed by atoms with E-state index in [1.54, 1.807) is 41.3 Å². The molecule has 6 atom stereocenters. The zero-order chi connectivity index (χ0) is 39.5. The molecule has 3 saturated heterocycles. The molecule has 14 heteroatoms. The molecule has 4 fully saturated rings. The number of hydrogen-bond acceptors (Lipinski definition) is 10. The van der Waals surface area contributed by atoms with Gasteiger partial charge in [0.05, 0.1) is 52.9 Å². The molecule has 0 spiro atoms. The lowest BCUT2D eigenvalue weighted by Crippen LogP contribution is -2.48. The molecule has 2 aliphatic carbocycles. The van der Waals surface area contributed by atoms with Gasteiger partial charge in [0.1, 0.15) is 29.6 Å². The number of thiophene rings is 1. The maximum Gasteiger partial charge on any atom is 0.242 e. The van der Waals surface area contributed by atoms with Crippen molar-refractivity contribution < 1.29 is 33.4 Å². The second kappa shape index (κ2) is 13.2. The van der Waals surface area contributed by atoms with E-state index in [0.717, 1.165) is 44.9 Å². The monoisotopic (exact) mass is 805 g/mol. The highest BCUT2D eigenvalue weighted by Crippen LogP contribution is 2.64. The van der Waals surface area contributed by atoms with Crippen LogP contribution in [0.15, 0.2) is 76.7 Å². The number of furan rings is 1. The molecule has 5 aromatic rings. The van der Waals surface area contributed by atoms with E-state index in [1.807, 2.05) is 62.4 Å². The molecular formula is C43H40ClN5O7S. The van der Waals surface area contributed by atoms with Crippen molar-refractivity contribution in [3.63, 3.8) is 0 Å². The number of halogens is 1. The summed E-state index contributed by atoms with van der Waals surface area (Å²) in [7, 11) is 1.72. The lowest BCUT2D eigenvalue weighted by atomic mass is 9.52. The number of carbonyl (C=O) groups is 4. The fourth-order valence-electron chi connectivity index (χ4n) is 10.3. The Kier molecular flexibility index (Phi) is 8.42. The van der Waals surface area contributed by atoms with Crippen LogP contribution in [-0.4, -0.2) is 64.8 Å². The number of nitrogens with zero attached hydrogens (tertiary/aromatic N) is 5. The zero-order valence-electron chi connectivity index (χ0n) is 31.6. The molecule has 6 unspecified atom stereocenters. The fraction of sp³-hybridized carbons (Fsp3) is 0.372. The number of allylic oxidation sites excluding steroid dienone is 2. The number of rotatable bonds is 6. The van der Waals surface area contributed by atoms with Gasteiger partial charge in [-0.15, -0.1) is 11.3 Å². The van der Waals surface area contributed by atoms with Crippen LogP contribution >= 0.6 is 22.9 Å². The third-order valence-corrected chi connectivity index (χ3v) is 14.6. The number of hydrogen-bond donors (Lipinski definition) is 1. The normalized spacial score (nSPS) is 27.4. The maximum atomic E-state index is 15.1. The molecule has 5 aliphatic rings. The predicted molar refractivity (Wildman–Crippen MR) is 215 cm³/mol. The summed E-state index contributed by atoms with van der Waals surface area (Å²) in [6.07, 6.45) is 2.51. The topological polar surface area (TPSA) is 138 Å². The van der Waals surface area contributed by atoms with E-state index in [4.69, 9.17) is 25.9 Å². The minimum absolute atomic E-state index is 0.207. The molecule has 1 N–H and O–H groups in total. The minimum atomic E-state index is -1.30. The van der Waals surface area contributed by atoms with Gasteiger partial charge in [-0.3, -0.25) is 28.8 Å². The van der Waals surface area contributed by atoms with E-state index >= 15 is 4.79 Å². The van der Waals surface area contributed by atoms with Crippen LogP contribution < -0.4 is 14.7 Å². The Morgan fingerprint density at radius 1 is 0.930 bits per heavy atom. The Morgan fingerprint density at radius 2 is 1.68 bits per heavy atom. The Balaban J connectivity index is 1.02. The number of morpholine rings is 1. The van der Waals surface area contributed by atoms with Crippen LogP contribution in [-0.2, 0) is 37.6 Å². The van der Waals surface area contributed by atoms with Gasteiger partial charge in [-0.2, -0.15) is 5.10 Å². The molecule has 57 heavy (non-hydrogen) atoms. The van der Waals surface area contributed by atoms with Gasteiger partial charge in [-0.05, 0) is 98.2 Å². The second-order valence-electron chi connectivity index (χ2n) is 16.0. The van der Waals surface area contributed by atoms with Gasteiger partial charge in [0.25, 0.3) is 0 Å². The van der Waals surface area contributed by atoms with Crippen LogP contribution in [0.3, 0.4) is 0 Å². The van der Waals surface area contributed by atoms with Crippen molar-refractivity contribution >= 4 is 73.8 Å². The third-order valence-electron chi connectivity index (χ3n) is 13.1. The van der Waals surface area contributed by atoms with E-state index in [1.165, 1.54) is 9.80 Å². The van der Waals surface area contributed by atoms with Crippen LogP contribution in [0.4, 0.5) is 17.2 Å². The number of aliphatic hydroxyl groups is 1. The lowest BCUT2D eigenvalue weighted by molar-refractivity contribution is -0.131. The number of fused-ring (bicyclic) bond motifs is 5. The molecule has 4 amide bonds. The van der Waals surface area contributed by atoms with Crippen LogP contribution in [0.2, 0.25) is 5.02 Å². The van der Waals surface area contributed by atoms with E-state index in [-0.39, 0.29) is 30.7 Å². The Morgan fingerprint density at radius 3 is 2.42 bits per heavy atom. The van der Waals surface area contributed by atoms with Crippen molar-refractivity contribution in [3.8, 4) is 10.6 Å². The highest BCUT2D eigenvalue weighted by atomic mass is 35.5. The van der Waals surface area contributed by atoms with Crippen molar-refractivity contribution in [3.05, 3.63) is 94.4 Å². The minimum Gasteiger partial charge on any atom is -0.463 e.